The zero-order chi connectivity index (χ0) is 29.7. The highest BCUT2D eigenvalue weighted by molar-refractivity contribution is 5.90. The van der Waals surface area contributed by atoms with Crippen LogP contribution >= 0.6 is 0 Å². The van der Waals surface area contributed by atoms with Crippen molar-refractivity contribution in [1.82, 2.24) is 5.16 Å². The van der Waals surface area contributed by atoms with Crippen LogP contribution in [0.15, 0.2) is 59.1 Å². The number of ether oxygens (including phenoxy) is 3. The van der Waals surface area contributed by atoms with Crippen LogP contribution in [0.25, 0.3) is 11.3 Å². The van der Waals surface area contributed by atoms with Crippen LogP contribution in [0.4, 0.5) is 0 Å². The molecular formula is C36H51NO5. The van der Waals surface area contributed by atoms with E-state index in [4.69, 9.17) is 18.7 Å². The number of hydrogen-bond acceptors (Lipinski definition) is 6. The fourth-order valence-corrected chi connectivity index (χ4v) is 4.84. The lowest BCUT2D eigenvalue weighted by Crippen LogP contribution is -2.08. The third kappa shape index (κ3) is 13.1. The number of unbranched alkanes of at least 4 members (excludes halogenated alkanes) is 14. The minimum atomic E-state index is -0.567. The van der Waals surface area contributed by atoms with Crippen molar-refractivity contribution in [1.29, 1.82) is 0 Å². The summed E-state index contributed by atoms with van der Waals surface area (Å²) in [7, 11) is 0. The van der Waals surface area contributed by atoms with Gasteiger partial charge in [0.2, 0.25) is 0 Å². The van der Waals surface area contributed by atoms with Gasteiger partial charge in [-0.05, 0) is 61.4 Å². The second-order valence-corrected chi connectivity index (χ2v) is 11.1. The first kappa shape index (κ1) is 33.2. The van der Waals surface area contributed by atoms with Gasteiger partial charge in [0.1, 0.15) is 17.2 Å². The van der Waals surface area contributed by atoms with E-state index in [0.717, 1.165) is 36.5 Å². The quantitative estimate of drug-likeness (QED) is 0.0634. The molecule has 6 nitrogen and oxygen atoms in total. The summed E-state index contributed by atoms with van der Waals surface area (Å²) in [5.41, 5.74) is 0.939. The van der Waals surface area contributed by atoms with Gasteiger partial charge in [0, 0.05) is 11.6 Å². The third-order valence-electron chi connectivity index (χ3n) is 7.43. The maximum absolute atomic E-state index is 12.6. The average molecular weight is 578 g/mol. The third-order valence-corrected chi connectivity index (χ3v) is 7.43. The van der Waals surface area contributed by atoms with Gasteiger partial charge in [0.25, 0.3) is 0 Å². The summed E-state index contributed by atoms with van der Waals surface area (Å²) < 4.78 is 22.6. The van der Waals surface area contributed by atoms with Crippen LogP contribution < -0.4 is 14.2 Å². The Balaban J connectivity index is 1.32. The van der Waals surface area contributed by atoms with Crippen molar-refractivity contribution in [3.8, 4) is 28.6 Å². The number of nitrogens with zero attached hydrogens (tertiary/aromatic N) is 1. The normalized spacial score (nSPS) is 11.0. The zero-order valence-electron chi connectivity index (χ0n) is 25.9. The van der Waals surface area contributed by atoms with E-state index in [9.17, 15) is 4.79 Å². The van der Waals surface area contributed by atoms with E-state index in [1.807, 2.05) is 36.4 Å². The Morgan fingerprint density at radius 3 is 1.52 bits per heavy atom. The molecule has 42 heavy (non-hydrogen) atoms. The van der Waals surface area contributed by atoms with E-state index in [0.29, 0.717) is 18.1 Å². The smallest absolute Gasteiger partial charge is 0.365 e. The number of carbonyl (C=O) groups excluding carboxylic acids is 1. The molecule has 0 bridgehead atoms. The zero-order valence-corrected chi connectivity index (χ0v) is 25.9. The van der Waals surface area contributed by atoms with E-state index in [1.54, 1.807) is 18.2 Å². The maximum Gasteiger partial charge on any atom is 0.365 e. The highest BCUT2D eigenvalue weighted by atomic mass is 16.5. The molecule has 0 aliphatic rings. The molecule has 0 radical (unpaired) electrons. The van der Waals surface area contributed by atoms with Gasteiger partial charge >= 0.3 is 5.97 Å². The summed E-state index contributed by atoms with van der Waals surface area (Å²) in [6.45, 7) is 5.91. The summed E-state index contributed by atoms with van der Waals surface area (Å²) in [5, 5.41) is 3.91. The van der Waals surface area contributed by atoms with Crippen LogP contribution in [0.5, 0.6) is 17.2 Å². The Labute approximate surface area is 253 Å². The molecule has 1 heterocycles. The van der Waals surface area contributed by atoms with Crippen molar-refractivity contribution in [2.75, 3.05) is 13.2 Å². The van der Waals surface area contributed by atoms with Gasteiger partial charge in [-0.2, -0.15) is 0 Å². The molecule has 0 aliphatic carbocycles. The fraction of sp³-hybridized carbons (Fsp3) is 0.556. The predicted octanol–water partition coefficient (Wildman–Crippen LogP) is 10.6. The molecule has 0 amide bonds. The van der Waals surface area contributed by atoms with Crippen molar-refractivity contribution in [2.45, 2.75) is 117 Å². The minimum Gasteiger partial charge on any atom is -0.494 e. The Bertz CT molecular complexity index is 1110. The molecule has 0 saturated carbocycles. The van der Waals surface area contributed by atoms with Crippen molar-refractivity contribution in [2.24, 2.45) is 0 Å². The Hall–Kier alpha value is -3.28. The van der Waals surface area contributed by atoms with Crippen molar-refractivity contribution >= 4 is 5.97 Å². The average Bonchev–Trinajstić information content (AvgIpc) is 3.51. The standard InChI is InChI=1S/C36H51NO5/c1-3-5-7-9-11-13-15-17-27-39-31-21-19-30(20-22-31)35-29-34(37-42-35)36(38)41-33-25-23-32(24-26-33)40-28-18-16-14-12-10-8-6-4-2/h19-26,29H,3-18,27-28H2,1-2H3. The number of benzene rings is 2. The molecule has 1 aromatic heterocycles. The molecule has 0 aliphatic heterocycles. The Kier molecular flexibility index (Phi) is 16.3. The molecule has 0 unspecified atom stereocenters. The number of carbonyl (C=O) groups is 1. The highest BCUT2D eigenvalue weighted by Gasteiger charge is 2.16. The number of hydrogen-bond donors (Lipinski definition) is 0. The molecule has 6 heteroatoms. The van der Waals surface area contributed by atoms with Crippen LogP contribution in [0.2, 0.25) is 0 Å². The predicted molar refractivity (Wildman–Crippen MR) is 170 cm³/mol. The summed E-state index contributed by atoms with van der Waals surface area (Å²) in [5.74, 6) is 1.96. The summed E-state index contributed by atoms with van der Waals surface area (Å²) >= 11 is 0. The van der Waals surface area contributed by atoms with Gasteiger partial charge < -0.3 is 18.7 Å². The van der Waals surface area contributed by atoms with Gasteiger partial charge in [-0.3, -0.25) is 0 Å². The van der Waals surface area contributed by atoms with Gasteiger partial charge in [0.05, 0.1) is 13.2 Å². The van der Waals surface area contributed by atoms with Gasteiger partial charge in [-0.25, -0.2) is 4.79 Å². The van der Waals surface area contributed by atoms with E-state index in [2.05, 4.69) is 19.0 Å². The molecule has 2 aromatic carbocycles. The van der Waals surface area contributed by atoms with Gasteiger partial charge in [0.15, 0.2) is 11.5 Å². The van der Waals surface area contributed by atoms with Crippen LogP contribution in [0.3, 0.4) is 0 Å². The first-order chi connectivity index (χ1) is 20.7. The van der Waals surface area contributed by atoms with Gasteiger partial charge in [-0.15, -0.1) is 0 Å². The van der Waals surface area contributed by atoms with Crippen molar-refractivity contribution in [3.63, 3.8) is 0 Å². The lowest BCUT2D eigenvalue weighted by Gasteiger charge is -2.07. The SMILES string of the molecule is CCCCCCCCCCOc1ccc(OC(=O)c2cc(-c3ccc(OCCCCCCCCCC)cc3)on2)cc1. The molecule has 3 aromatic rings. The molecule has 0 N–H and O–H groups in total. The maximum atomic E-state index is 12.6. The van der Waals surface area contributed by atoms with E-state index < -0.39 is 5.97 Å². The van der Waals surface area contributed by atoms with Crippen molar-refractivity contribution < 1.29 is 23.5 Å². The molecule has 0 atom stereocenters. The van der Waals surface area contributed by atoms with E-state index >= 15 is 0 Å². The lowest BCUT2D eigenvalue weighted by atomic mass is 10.1. The van der Waals surface area contributed by atoms with Crippen LogP contribution in [-0.2, 0) is 0 Å². The summed E-state index contributed by atoms with van der Waals surface area (Å²) in [4.78, 5) is 12.6. The summed E-state index contributed by atoms with van der Waals surface area (Å²) in [6.07, 6.45) is 20.4. The molecule has 0 spiro atoms. The first-order valence-corrected chi connectivity index (χ1v) is 16.3. The number of aromatic nitrogens is 1. The monoisotopic (exact) mass is 577 g/mol. The Morgan fingerprint density at radius 2 is 1.02 bits per heavy atom. The Morgan fingerprint density at radius 1 is 0.595 bits per heavy atom. The second kappa shape index (κ2) is 20.6. The van der Waals surface area contributed by atoms with E-state index in [-0.39, 0.29) is 5.69 Å². The fourth-order valence-electron chi connectivity index (χ4n) is 4.84. The van der Waals surface area contributed by atoms with Gasteiger partial charge in [-0.1, -0.05) is 109 Å². The molecule has 3 rings (SSSR count). The number of rotatable bonds is 23. The molecule has 0 saturated heterocycles. The van der Waals surface area contributed by atoms with E-state index in [1.165, 1.54) is 89.9 Å². The number of esters is 1. The van der Waals surface area contributed by atoms with Crippen LogP contribution in [0, 0.1) is 0 Å². The lowest BCUT2D eigenvalue weighted by molar-refractivity contribution is 0.0724. The highest BCUT2D eigenvalue weighted by Crippen LogP contribution is 2.25. The summed E-state index contributed by atoms with van der Waals surface area (Å²) in [6, 6.07) is 16.3. The largest absolute Gasteiger partial charge is 0.494 e. The molecular weight excluding hydrogens is 526 g/mol. The molecule has 0 fully saturated rings. The molecule has 230 valence electrons. The topological polar surface area (TPSA) is 70.8 Å². The van der Waals surface area contributed by atoms with Crippen LogP contribution in [-0.4, -0.2) is 24.3 Å². The first-order valence-electron chi connectivity index (χ1n) is 16.3. The van der Waals surface area contributed by atoms with Crippen molar-refractivity contribution in [3.05, 3.63) is 60.3 Å². The van der Waals surface area contributed by atoms with Crippen LogP contribution in [0.1, 0.15) is 127 Å². The second-order valence-electron chi connectivity index (χ2n) is 11.1. The minimum absolute atomic E-state index is 0.120.